The number of nitrogens with one attached hydrogen (secondary N) is 1. The van der Waals surface area contributed by atoms with Gasteiger partial charge in [0.05, 0.1) is 31.2 Å². The Bertz CT molecular complexity index is 715. The van der Waals surface area contributed by atoms with Gasteiger partial charge in [-0.3, -0.25) is 0 Å². The summed E-state index contributed by atoms with van der Waals surface area (Å²) < 4.78 is 11.3. The Morgan fingerprint density at radius 1 is 1.36 bits per heavy atom. The Morgan fingerprint density at radius 3 is 2.76 bits per heavy atom. The van der Waals surface area contributed by atoms with Crippen molar-refractivity contribution in [3.05, 3.63) is 30.0 Å². The third-order valence-electron chi connectivity index (χ3n) is 3.85. The molecular weight excluding hydrogens is 324 g/mol. The van der Waals surface area contributed by atoms with Gasteiger partial charge in [0.25, 0.3) is 0 Å². The maximum atomic E-state index is 12.4. The number of aryl methyl sites for hydroxylation is 1. The molecule has 0 aromatic carbocycles. The Balaban J connectivity index is 1.62. The number of carbonyl (C=O) groups is 1. The molecule has 1 aliphatic rings. The molecule has 1 N–H and O–H groups in total. The second-order valence-electron chi connectivity index (χ2n) is 6.11. The van der Waals surface area contributed by atoms with E-state index in [1.54, 1.807) is 17.3 Å². The molecule has 9 heteroatoms. The predicted octanol–water partition coefficient (Wildman–Crippen LogP) is 2.15. The summed E-state index contributed by atoms with van der Waals surface area (Å²) in [5.41, 5.74) is 0.560. The number of aromatic nitrogens is 4. The van der Waals surface area contributed by atoms with E-state index in [-0.39, 0.29) is 11.9 Å². The normalized spacial score (nSPS) is 17.8. The highest BCUT2D eigenvalue weighted by atomic mass is 16.5. The Kier molecular flexibility index (Phi) is 5.22. The number of rotatable bonds is 4. The summed E-state index contributed by atoms with van der Waals surface area (Å²) in [4.78, 5) is 22.5. The van der Waals surface area contributed by atoms with E-state index in [1.165, 1.54) is 0 Å². The largest absolute Gasteiger partial charge is 0.422 e. The van der Waals surface area contributed by atoms with Crippen LogP contribution >= 0.6 is 0 Å². The van der Waals surface area contributed by atoms with Crippen molar-refractivity contribution in [2.45, 2.75) is 39.2 Å². The molecule has 0 spiro atoms. The second-order valence-corrected chi connectivity index (χ2v) is 6.11. The molecule has 0 radical (unpaired) electrons. The molecule has 1 fully saturated rings. The average molecular weight is 346 g/mol. The highest BCUT2D eigenvalue weighted by Crippen LogP contribution is 2.23. The molecule has 3 rings (SSSR count). The lowest BCUT2D eigenvalue weighted by Gasteiger charge is -2.31. The SMILES string of the molecule is CCc1ncc(NC(=O)N2CCO[C@H](c3nnc(C(C)C)o3)C2)cn1. The van der Waals surface area contributed by atoms with Crippen molar-refractivity contribution in [3.63, 3.8) is 0 Å². The van der Waals surface area contributed by atoms with Crippen LogP contribution in [-0.2, 0) is 11.2 Å². The van der Waals surface area contributed by atoms with Gasteiger partial charge in [-0.25, -0.2) is 14.8 Å². The van der Waals surface area contributed by atoms with Gasteiger partial charge in [-0.15, -0.1) is 10.2 Å². The zero-order chi connectivity index (χ0) is 17.8. The lowest BCUT2D eigenvalue weighted by atomic mass is 10.2. The van der Waals surface area contributed by atoms with Crippen molar-refractivity contribution in [2.75, 3.05) is 25.0 Å². The lowest BCUT2D eigenvalue weighted by molar-refractivity contribution is -0.0276. The van der Waals surface area contributed by atoms with Crippen LogP contribution in [0.2, 0.25) is 0 Å². The van der Waals surface area contributed by atoms with Crippen LogP contribution < -0.4 is 5.32 Å². The average Bonchev–Trinajstić information content (AvgIpc) is 3.13. The number of nitrogens with zero attached hydrogens (tertiary/aromatic N) is 5. The van der Waals surface area contributed by atoms with Gasteiger partial charge in [-0.1, -0.05) is 20.8 Å². The number of ether oxygens (including phenoxy) is 1. The molecule has 2 aromatic heterocycles. The Hall–Kier alpha value is -2.55. The Labute approximate surface area is 145 Å². The Morgan fingerprint density at radius 2 is 2.12 bits per heavy atom. The molecule has 25 heavy (non-hydrogen) atoms. The molecule has 1 saturated heterocycles. The number of morpholine rings is 1. The van der Waals surface area contributed by atoms with Gasteiger partial charge < -0.3 is 19.4 Å². The number of hydrogen-bond donors (Lipinski definition) is 1. The van der Waals surface area contributed by atoms with Crippen molar-refractivity contribution in [2.24, 2.45) is 0 Å². The van der Waals surface area contributed by atoms with Crippen molar-refractivity contribution in [3.8, 4) is 0 Å². The predicted molar refractivity (Wildman–Crippen MR) is 89.1 cm³/mol. The molecule has 2 amide bonds. The maximum absolute atomic E-state index is 12.4. The molecule has 3 heterocycles. The van der Waals surface area contributed by atoms with Crippen LogP contribution in [0.3, 0.4) is 0 Å². The minimum atomic E-state index is -0.418. The van der Waals surface area contributed by atoms with Crippen molar-refractivity contribution >= 4 is 11.7 Å². The first kappa shape index (κ1) is 17.3. The molecule has 134 valence electrons. The molecule has 9 nitrogen and oxygen atoms in total. The van der Waals surface area contributed by atoms with Gasteiger partial charge in [0.1, 0.15) is 5.82 Å². The van der Waals surface area contributed by atoms with Crippen LogP contribution in [0.4, 0.5) is 10.5 Å². The van der Waals surface area contributed by atoms with Crippen LogP contribution in [0.25, 0.3) is 0 Å². The maximum Gasteiger partial charge on any atom is 0.322 e. The first-order valence-corrected chi connectivity index (χ1v) is 8.38. The fourth-order valence-electron chi connectivity index (χ4n) is 2.40. The summed E-state index contributed by atoms with van der Waals surface area (Å²) in [6.07, 6.45) is 3.55. The summed E-state index contributed by atoms with van der Waals surface area (Å²) in [5, 5.41) is 10.8. The van der Waals surface area contributed by atoms with Crippen molar-refractivity contribution < 1.29 is 13.9 Å². The molecule has 0 bridgehead atoms. The molecule has 0 saturated carbocycles. The standard InChI is InChI=1S/C16H22N6O3/c1-4-13-17-7-11(8-18-13)19-16(23)22-5-6-24-12(9-22)15-21-20-14(25-15)10(2)3/h7-8,10,12H,4-6,9H2,1-3H3,(H,19,23)/t12-/m0/s1. The summed E-state index contributed by atoms with van der Waals surface area (Å²) in [7, 11) is 0. The summed E-state index contributed by atoms with van der Waals surface area (Å²) in [6, 6.07) is -0.232. The topological polar surface area (TPSA) is 106 Å². The molecule has 1 aliphatic heterocycles. The quantitative estimate of drug-likeness (QED) is 0.904. The van der Waals surface area contributed by atoms with Crippen molar-refractivity contribution in [1.29, 1.82) is 0 Å². The van der Waals surface area contributed by atoms with E-state index >= 15 is 0 Å². The van der Waals surface area contributed by atoms with Crippen LogP contribution in [0, 0.1) is 0 Å². The lowest BCUT2D eigenvalue weighted by Crippen LogP contribution is -2.44. The fourth-order valence-corrected chi connectivity index (χ4v) is 2.40. The molecule has 2 aromatic rings. The third kappa shape index (κ3) is 4.11. The van der Waals surface area contributed by atoms with Gasteiger partial charge in [0.2, 0.25) is 11.8 Å². The van der Waals surface area contributed by atoms with Gasteiger partial charge in [0.15, 0.2) is 6.10 Å². The van der Waals surface area contributed by atoms with E-state index in [0.29, 0.717) is 37.2 Å². The van der Waals surface area contributed by atoms with E-state index in [9.17, 15) is 4.79 Å². The number of carbonyl (C=O) groups excluding carboxylic acids is 1. The first-order chi connectivity index (χ1) is 12.1. The van der Waals surface area contributed by atoms with Crippen LogP contribution in [-0.4, -0.2) is 50.8 Å². The van der Waals surface area contributed by atoms with Crippen LogP contribution in [0.1, 0.15) is 50.4 Å². The van der Waals surface area contributed by atoms with Gasteiger partial charge >= 0.3 is 6.03 Å². The van der Waals surface area contributed by atoms with Crippen LogP contribution in [0.5, 0.6) is 0 Å². The summed E-state index contributed by atoms with van der Waals surface area (Å²) in [6.45, 7) is 7.17. The van der Waals surface area contributed by atoms with E-state index < -0.39 is 6.10 Å². The van der Waals surface area contributed by atoms with Gasteiger partial charge in [-0.05, 0) is 0 Å². The minimum absolute atomic E-state index is 0.148. The van der Waals surface area contributed by atoms with E-state index in [1.807, 2.05) is 20.8 Å². The van der Waals surface area contributed by atoms with E-state index in [0.717, 1.165) is 12.2 Å². The van der Waals surface area contributed by atoms with E-state index in [2.05, 4.69) is 25.5 Å². The number of amides is 2. The first-order valence-electron chi connectivity index (χ1n) is 8.38. The highest BCUT2D eigenvalue weighted by Gasteiger charge is 2.29. The van der Waals surface area contributed by atoms with E-state index in [4.69, 9.17) is 9.15 Å². The minimum Gasteiger partial charge on any atom is -0.422 e. The highest BCUT2D eigenvalue weighted by molar-refractivity contribution is 5.89. The van der Waals surface area contributed by atoms with Crippen molar-refractivity contribution in [1.82, 2.24) is 25.1 Å². The molecule has 1 atom stereocenters. The number of anilines is 1. The molecule has 0 unspecified atom stereocenters. The zero-order valence-corrected chi connectivity index (χ0v) is 14.6. The number of urea groups is 1. The fraction of sp³-hybridized carbons (Fsp3) is 0.562. The number of hydrogen-bond acceptors (Lipinski definition) is 7. The molecule has 0 aliphatic carbocycles. The summed E-state index contributed by atoms with van der Waals surface area (Å²) >= 11 is 0. The second kappa shape index (κ2) is 7.56. The van der Waals surface area contributed by atoms with Gasteiger partial charge in [-0.2, -0.15) is 0 Å². The summed E-state index contributed by atoms with van der Waals surface area (Å²) in [5.74, 6) is 1.85. The van der Waals surface area contributed by atoms with Crippen LogP contribution in [0.15, 0.2) is 16.8 Å². The molecular formula is C16H22N6O3. The zero-order valence-electron chi connectivity index (χ0n) is 14.6. The smallest absolute Gasteiger partial charge is 0.322 e. The monoisotopic (exact) mass is 346 g/mol. The van der Waals surface area contributed by atoms with Gasteiger partial charge in [0, 0.05) is 18.9 Å². The third-order valence-corrected chi connectivity index (χ3v) is 3.85.